The molecule has 3 aromatic carbocycles. The van der Waals surface area contributed by atoms with E-state index in [1.165, 1.54) is 13.2 Å². The number of aromatic carboxylic acids is 1. The number of hydrogen-bond acceptors (Lipinski definition) is 5. The highest BCUT2D eigenvalue weighted by molar-refractivity contribution is 5.92. The van der Waals surface area contributed by atoms with Crippen molar-refractivity contribution >= 4 is 5.97 Å². The highest BCUT2D eigenvalue weighted by Crippen LogP contribution is 2.33. The van der Waals surface area contributed by atoms with Crippen molar-refractivity contribution in [3.05, 3.63) is 88.7 Å². The zero-order chi connectivity index (χ0) is 27.2. The number of benzene rings is 3. The molecule has 37 heavy (non-hydrogen) atoms. The first-order chi connectivity index (χ1) is 17.5. The lowest BCUT2D eigenvalue weighted by Crippen LogP contribution is -2.46. The quantitative estimate of drug-likeness (QED) is 0.296. The van der Waals surface area contributed by atoms with Gasteiger partial charge in [0, 0.05) is 12.1 Å². The third-order valence-electron chi connectivity index (χ3n) is 6.38. The van der Waals surface area contributed by atoms with E-state index in [0.29, 0.717) is 18.5 Å². The Hall–Kier alpha value is -3.26. The first-order valence-corrected chi connectivity index (χ1v) is 12.3. The molecule has 6 nitrogen and oxygen atoms in total. The maximum Gasteiger partial charge on any atom is 0.339 e. The lowest BCUT2D eigenvalue weighted by atomic mass is 9.94. The van der Waals surface area contributed by atoms with Gasteiger partial charge in [-0.1, -0.05) is 42.5 Å². The Morgan fingerprint density at radius 3 is 2.51 bits per heavy atom. The van der Waals surface area contributed by atoms with E-state index in [9.17, 15) is 19.4 Å². The lowest BCUT2D eigenvalue weighted by Gasteiger charge is -2.28. The normalized spacial score (nSPS) is 13.3. The third-order valence-corrected chi connectivity index (χ3v) is 6.38. The van der Waals surface area contributed by atoms with Gasteiger partial charge in [0.15, 0.2) is 0 Å². The summed E-state index contributed by atoms with van der Waals surface area (Å²) >= 11 is 0. The predicted octanol–water partition coefficient (Wildman–Crippen LogP) is 5.56. The number of halogens is 1. The summed E-state index contributed by atoms with van der Waals surface area (Å²) in [4.78, 5) is 11.4. The summed E-state index contributed by atoms with van der Waals surface area (Å²) in [5, 5.41) is 23.3. The van der Waals surface area contributed by atoms with E-state index in [2.05, 4.69) is 5.32 Å². The molecule has 2 atom stereocenters. The van der Waals surface area contributed by atoms with Crippen LogP contribution in [0.15, 0.2) is 60.7 Å². The summed E-state index contributed by atoms with van der Waals surface area (Å²) in [6.45, 7) is 8.13. The van der Waals surface area contributed by atoms with Gasteiger partial charge in [0.1, 0.15) is 17.1 Å². The maximum absolute atomic E-state index is 13.9. The average Bonchev–Trinajstić information content (AvgIpc) is 2.87. The van der Waals surface area contributed by atoms with E-state index in [4.69, 9.17) is 9.47 Å². The molecular formula is C30H36FNO5. The summed E-state index contributed by atoms with van der Waals surface area (Å²) < 4.78 is 25.2. The minimum atomic E-state index is -1.05. The number of carboxylic acid groups (broad SMARTS) is 1. The molecule has 3 aromatic rings. The van der Waals surface area contributed by atoms with Gasteiger partial charge in [-0.3, -0.25) is 0 Å². The monoisotopic (exact) mass is 509 g/mol. The molecule has 0 aliphatic heterocycles. The van der Waals surface area contributed by atoms with E-state index in [1.807, 2.05) is 51.1 Å². The summed E-state index contributed by atoms with van der Waals surface area (Å²) in [5.41, 5.74) is 3.88. The largest absolute Gasteiger partial charge is 0.496 e. The van der Waals surface area contributed by atoms with Crippen molar-refractivity contribution in [3.8, 4) is 16.9 Å². The summed E-state index contributed by atoms with van der Waals surface area (Å²) in [5.74, 6) is -0.983. The Morgan fingerprint density at radius 1 is 1.11 bits per heavy atom. The second-order valence-corrected chi connectivity index (χ2v) is 9.96. The van der Waals surface area contributed by atoms with Gasteiger partial charge < -0.3 is 25.0 Å². The van der Waals surface area contributed by atoms with Crippen LogP contribution in [0.4, 0.5) is 4.39 Å². The van der Waals surface area contributed by atoms with Crippen molar-refractivity contribution in [2.75, 3.05) is 20.3 Å². The van der Waals surface area contributed by atoms with Gasteiger partial charge in [0.25, 0.3) is 0 Å². The van der Waals surface area contributed by atoms with Crippen molar-refractivity contribution < 1.29 is 28.9 Å². The number of aliphatic hydroxyl groups is 1. The number of ether oxygens (including phenoxy) is 2. The van der Waals surface area contributed by atoms with Gasteiger partial charge in [-0.15, -0.1) is 0 Å². The minimum Gasteiger partial charge on any atom is -0.496 e. The number of hydrogen-bond donors (Lipinski definition) is 3. The van der Waals surface area contributed by atoms with E-state index < -0.39 is 12.1 Å². The number of β-amino-alcohol motifs (C(OH)–C–C–N with tert-alkyl or cyclic N) is 1. The molecule has 0 radical (unpaired) electrons. The van der Waals surface area contributed by atoms with Crippen LogP contribution in [0.3, 0.4) is 0 Å². The molecule has 3 N–H and O–H groups in total. The lowest BCUT2D eigenvalue weighted by molar-refractivity contribution is -0.00397. The molecule has 0 aromatic heterocycles. The second-order valence-electron chi connectivity index (χ2n) is 9.96. The molecule has 0 aliphatic rings. The number of aliphatic hydroxyl groups excluding tert-OH is 1. The van der Waals surface area contributed by atoms with Crippen LogP contribution in [0.25, 0.3) is 11.1 Å². The third kappa shape index (κ3) is 7.61. The van der Waals surface area contributed by atoms with Crippen LogP contribution in [-0.4, -0.2) is 48.1 Å². The second kappa shape index (κ2) is 12.3. The summed E-state index contributed by atoms with van der Waals surface area (Å²) in [6, 6.07) is 18.0. The molecule has 0 saturated carbocycles. The minimum absolute atomic E-state index is 0.0964. The number of rotatable bonds is 12. The molecule has 0 amide bonds. The summed E-state index contributed by atoms with van der Waals surface area (Å²) in [7, 11) is 1.44. The van der Waals surface area contributed by atoms with Crippen LogP contribution in [0, 0.1) is 12.7 Å². The summed E-state index contributed by atoms with van der Waals surface area (Å²) in [6.07, 6.45) is -0.441. The topological polar surface area (TPSA) is 88.0 Å². The molecular weight excluding hydrogens is 473 g/mol. The number of aryl methyl sites for hydroxylation is 1. The Labute approximate surface area is 218 Å². The van der Waals surface area contributed by atoms with E-state index in [-0.39, 0.29) is 35.4 Å². The SMILES string of the molecule is COc1cc(-c2ccccc2[C@@H](C)OC[C@H](O)CNC(C)(C)Cc2ccc(C)c(F)c2)ccc1C(=O)O. The van der Waals surface area contributed by atoms with Gasteiger partial charge in [0.05, 0.1) is 25.9 Å². The molecule has 0 saturated heterocycles. The Kier molecular flexibility index (Phi) is 9.43. The first-order valence-electron chi connectivity index (χ1n) is 12.3. The Balaban J connectivity index is 1.61. The van der Waals surface area contributed by atoms with Crippen LogP contribution in [-0.2, 0) is 11.2 Å². The fourth-order valence-corrected chi connectivity index (χ4v) is 4.27. The zero-order valence-corrected chi connectivity index (χ0v) is 22.0. The van der Waals surface area contributed by atoms with Gasteiger partial charge >= 0.3 is 5.97 Å². The van der Waals surface area contributed by atoms with E-state index >= 15 is 0 Å². The molecule has 3 rings (SSSR count). The first kappa shape index (κ1) is 28.3. The van der Waals surface area contributed by atoms with Gasteiger partial charge in [-0.05, 0) is 80.1 Å². The van der Waals surface area contributed by atoms with Crippen molar-refractivity contribution in [2.45, 2.75) is 51.9 Å². The fraction of sp³-hybridized carbons (Fsp3) is 0.367. The predicted molar refractivity (Wildman–Crippen MR) is 143 cm³/mol. The standard InChI is InChI=1S/C30H36FNO5/c1-19-10-11-21(14-27(19)31)16-30(3,4)32-17-23(33)18-37-20(2)24-8-6-7-9-25(24)22-12-13-26(29(34)35)28(15-22)36-5/h6-15,20,23,32-33H,16-18H2,1-5H3,(H,34,35)/t20-,23-/m1/s1. The molecule has 0 unspecified atom stereocenters. The van der Waals surface area contributed by atoms with Crippen molar-refractivity contribution in [1.29, 1.82) is 0 Å². The Morgan fingerprint density at radius 2 is 1.84 bits per heavy atom. The number of carbonyl (C=O) groups is 1. The Bertz CT molecular complexity index is 1230. The van der Waals surface area contributed by atoms with Gasteiger partial charge in [-0.25, -0.2) is 9.18 Å². The van der Waals surface area contributed by atoms with Crippen molar-refractivity contribution in [3.63, 3.8) is 0 Å². The van der Waals surface area contributed by atoms with Crippen LogP contribution >= 0.6 is 0 Å². The molecule has 0 aliphatic carbocycles. The highest BCUT2D eigenvalue weighted by Gasteiger charge is 2.21. The van der Waals surface area contributed by atoms with Crippen LogP contribution in [0.5, 0.6) is 5.75 Å². The zero-order valence-electron chi connectivity index (χ0n) is 22.0. The maximum atomic E-state index is 13.9. The molecule has 0 fully saturated rings. The number of nitrogens with one attached hydrogen (secondary N) is 1. The van der Waals surface area contributed by atoms with Crippen molar-refractivity contribution in [1.82, 2.24) is 5.32 Å². The average molecular weight is 510 g/mol. The van der Waals surface area contributed by atoms with E-state index in [0.717, 1.165) is 22.3 Å². The van der Waals surface area contributed by atoms with Gasteiger partial charge in [-0.2, -0.15) is 0 Å². The highest BCUT2D eigenvalue weighted by atomic mass is 19.1. The number of carboxylic acids is 1. The molecule has 0 heterocycles. The molecule has 7 heteroatoms. The van der Waals surface area contributed by atoms with Crippen molar-refractivity contribution in [2.24, 2.45) is 0 Å². The van der Waals surface area contributed by atoms with E-state index in [1.54, 1.807) is 31.2 Å². The number of methoxy groups -OCH3 is 1. The molecule has 198 valence electrons. The molecule has 0 spiro atoms. The van der Waals surface area contributed by atoms with Gasteiger partial charge in [0.2, 0.25) is 0 Å². The smallest absolute Gasteiger partial charge is 0.339 e. The molecule has 0 bridgehead atoms. The fourth-order valence-electron chi connectivity index (χ4n) is 4.27. The van der Waals surface area contributed by atoms with Crippen LogP contribution < -0.4 is 10.1 Å². The van der Waals surface area contributed by atoms with Crippen LogP contribution in [0.1, 0.15) is 53.9 Å². The van der Waals surface area contributed by atoms with Crippen LogP contribution in [0.2, 0.25) is 0 Å².